The number of benzene rings is 1. The van der Waals surface area contributed by atoms with Gasteiger partial charge in [0.05, 0.1) is 16.8 Å². The number of rotatable bonds is 4. The lowest BCUT2D eigenvalue weighted by Gasteiger charge is -2.17. The number of amides is 2. The molecule has 1 aromatic rings. The number of anilines is 1. The number of urea groups is 1. The van der Waals surface area contributed by atoms with E-state index < -0.39 is 24.1 Å². The highest BCUT2D eigenvalue weighted by molar-refractivity contribution is 6.36. The van der Waals surface area contributed by atoms with Crippen LogP contribution >= 0.6 is 23.2 Å². The fourth-order valence-corrected chi connectivity index (χ4v) is 1.73. The molecule has 0 radical (unpaired) electrons. The van der Waals surface area contributed by atoms with Crippen molar-refractivity contribution in [1.82, 2.24) is 5.32 Å². The van der Waals surface area contributed by atoms with E-state index in [0.717, 1.165) is 0 Å². The summed E-state index contributed by atoms with van der Waals surface area (Å²) in [6, 6.07) is 2.22. The molecule has 6 nitrogen and oxygen atoms in total. The molecule has 19 heavy (non-hydrogen) atoms. The van der Waals surface area contributed by atoms with Crippen molar-refractivity contribution in [3.05, 3.63) is 28.2 Å². The minimum absolute atomic E-state index is 0.214. The highest BCUT2D eigenvalue weighted by Crippen LogP contribution is 2.25. The van der Waals surface area contributed by atoms with E-state index in [1.54, 1.807) is 0 Å². The Bertz CT molecular complexity index is 494. The predicted octanol–water partition coefficient (Wildman–Crippen LogP) is 1.95. The lowest BCUT2D eigenvalue weighted by Crippen LogP contribution is -2.49. The molecule has 0 aliphatic rings. The van der Waals surface area contributed by atoms with Gasteiger partial charge in [0.25, 0.3) is 0 Å². The van der Waals surface area contributed by atoms with Crippen LogP contribution in [0.4, 0.5) is 10.5 Å². The van der Waals surface area contributed by atoms with Gasteiger partial charge in [0.15, 0.2) is 6.04 Å². The second kappa shape index (κ2) is 6.60. The summed E-state index contributed by atoms with van der Waals surface area (Å²) in [5.74, 6) is -1.34. The van der Waals surface area contributed by atoms with Crippen LogP contribution in [-0.2, 0) is 4.79 Å². The van der Waals surface area contributed by atoms with E-state index in [4.69, 9.17) is 28.3 Å². The van der Waals surface area contributed by atoms with E-state index in [0.29, 0.717) is 5.02 Å². The number of aliphatic carboxylic acids is 1. The van der Waals surface area contributed by atoms with Crippen molar-refractivity contribution in [2.24, 2.45) is 0 Å². The zero-order chi connectivity index (χ0) is 14.6. The Labute approximate surface area is 119 Å². The summed E-state index contributed by atoms with van der Waals surface area (Å²) in [5, 5.41) is 23.1. The highest BCUT2D eigenvalue weighted by Gasteiger charge is 2.25. The molecule has 0 aliphatic carbocycles. The molecule has 4 N–H and O–H groups in total. The number of carboxylic acid groups (broad SMARTS) is 1. The molecule has 2 amide bonds. The fraction of sp³-hybridized carbons (Fsp3) is 0.273. The third-order valence-electron chi connectivity index (χ3n) is 2.21. The normalized spacial score (nSPS) is 13.5. The summed E-state index contributed by atoms with van der Waals surface area (Å²) < 4.78 is 0. The Morgan fingerprint density at radius 3 is 2.42 bits per heavy atom. The van der Waals surface area contributed by atoms with E-state index in [-0.39, 0.29) is 10.7 Å². The average molecular weight is 307 g/mol. The molecular weight excluding hydrogens is 295 g/mol. The van der Waals surface area contributed by atoms with Crippen molar-refractivity contribution >= 4 is 40.9 Å². The minimum Gasteiger partial charge on any atom is -0.480 e. The Morgan fingerprint density at radius 1 is 1.32 bits per heavy atom. The van der Waals surface area contributed by atoms with E-state index in [9.17, 15) is 14.7 Å². The lowest BCUT2D eigenvalue weighted by atomic mass is 10.2. The molecule has 0 spiro atoms. The highest BCUT2D eigenvalue weighted by atomic mass is 35.5. The molecule has 0 fully saturated rings. The number of carboxylic acids is 1. The molecule has 0 saturated heterocycles. The molecule has 0 bridgehead atoms. The van der Waals surface area contributed by atoms with Crippen molar-refractivity contribution in [3.63, 3.8) is 0 Å². The quantitative estimate of drug-likeness (QED) is 0.683. The molecule has 1 rings (SSSR count). The first-order valence-corrected chi connectivity index (χ1v) is 6.00. The van der Waals surface area contributed by atoms with Gasteiger partial charge in [-0.05, 0) is 25.1 Å². The van der Waals surface area contributed by atoms with Crippen LogP contribution in [0.2, 0.25) is 10.0 Å². The Morgan fingerprint density at radius 2 is 1.95 bits per heavy atom. The minimum atomic E-state index is -1.41. The van der Waals surface area contributed by atoms with E-state index in [2.05, 4.69) is 10.6 Å². The number of nitrogens with one attached hydrogen (secondary N) is 2. The summed E-state index contributed by atoms with van der Waals surface area (Å²) in [5.41, 5.74) is 0.276. The zero-order valence-electron chi connectivity index (χ0n) is 9.85. The number of hydrogen-bond donors (Lipinski definition) is 4. The van der Waals surface area contributed by atoms with Gasteiger partial charge in [0, 0.05) is 5.02 Å². The van der Waals surface area contributed by atoms with Crippen LogP contribution in [0, 0.1) is 0 Å². The van der Waals surface area contributed by atoms with Crippen molar-refractivity contribution in [2.75, 3.05) is 5.32 Å². The molecule has 104 valence electrons. The standard InChI is InChI=1S/C11H12Cl2N2O4/c1-5(16)9(10(17)18)15-11(19)14-8-3-2-6(12)4-7(8)13/h2-5,9,16H,1H3,(H,17,18)(H2,14,15,19). The second-order valence-electron chi connectivity index (χ2n) is 3.78. The van der Waals surface area contributed by atoms with Gasteiger partial charge in [-0.3, -0.25) is 0 Å². The van der Waals surface area contributed by atoms with Crippen LogP contribution < -0.4 is 10.6 Å². The Hall–Kier alpha value is -1.50. The average Bonchev–Trinajstić information content (AvgIpc) is 2.29. The van der Waals surface area contributed by atoms with Gasteiger partial charge < -0.3 is 20.8 Å². The maximum absolute atomic E-state index is 11.6. The fourth-order valence-electron chi connectivity index (χ4n) is 1.28. The summed E-state index contributed by atoms with van der Waals surface area (Å²) in [4.78, 5) is 22.4. The van der Waals surface area contributed by atoms with Gasteiger partial charge in [-0.15, -0.1) is 0 Å². The van der Waals surface area contributed by atoms with Crippen LogP contribution in [0.5, 0.6) is 0 Å². The summed E-state index contributed by atoms with van der Waals surface area (Å²) >= 11 is 11.5. The Kier molecular flexibility index (Phi) is 5.41. The number of halogens is 2. The maximum atomic E-state index is 11.6. The lowest BCUT2D eigenvalue weighted by molar-refractivity contribution is -0.141. The van der Waals surface area contributed by atoms with Gasteiger partial charge >= 0.3 is 12.0 Å². The predicted molar refractivity (Wildman–Crippen MR) is 71.7 cm³/mol. The molecule has 2 unspecified atom stereocenters. The van der Waals surface area contributed by atoms with Gasteiger partial charge in [-0.1, -0.05) is 23.2 Å². The van der Waals surface area contributed by atoms with Crippen LogP contribution in [0.15, 0.2) is 18.2 Å². The van der Waals surface area contributed by atoms with Crippen LogP contribution in [-0.4, -0.2) is 34.4 Å². The Balaban J connectivity index is 2.72. The first-order valence-electron chi connectivity index (χ1n) is 5.24. The molecule has 0 aromatic heterocycles. The van der Waals surface area contributed by atoms with Gasteiger partial charge in [0.1, 0.15) is 0 Å². The van der Waals surface area contributed by atoms with E-state index in [1.807, 2.05) is 0 Å². The summed E-state index contributed by atoms with van der Waals surface area (Å²) in [6.45, 7) is 1.26. The molecule has 1 aromatic carbocycles. The molecule has 0 aliphatic heterocycles. The molecule has 8 heteroatoms. The van der Waals surface area contributed by atoms with E-state index in [1.165, 1.54) is 25.1 Å². The van der Waals surface area contributed by atoms with Crippen LogP contribution in [0.3, 0.4) is 0 Å². The van der Waals surface area contributed by atoms with Crippen molar-refractivity contribution in [1.29, 1.82) is 0 Å². The number of aliphatic hydroxyl groups is 1. The monoisotopic (exact) mass is 306 g/mol. The maximum Gasteiger partial charge on any atom is 0.328 e. The number of carbonyl (C=O) groups excluding carboxylic acids is 1. The molecular formula is C11H12Cl2N2O4. The third kappa shape index (κ3) is 4.59. The first kappa shape index (κ1) is 15.6. The largest absolute Gasteiger partial charge is 0.480 e. The van der Waals surface area contributed by atoms with Crippen molar-refractivity contribution in [3.8, 4) is 0 Å². The van der Waals surface area contributed by atoms with Crippen LogP contribution in [0.25, 0.3) is 0 Å². The smallest absolute Gasteiger partial charge is 0.328 e. The summed E-state index contributed by atoms with van der Waals surface area (Å²) in [6.07, 6.45) is -1.23. The van der Waals surface area contributed by atoms with Crippen LogP contribution in [0.1, 0.15) is 6.92 Å². The summed E-state index contributed by atoms with van der Waals surface area (Å²) in [7, 11) is 0. The van der Waals surface area contributed by atoms with Gasteiger partial charge in [-0.25, -0.2) is 9.59 Å². The van der Waals surface area contributed by atoms with Gasteiger partial charge in [-0.2, -0.15) is 0 Å². The first-order chi connectivity index (χ1) is 8.81. The van der Waals surface area contributed by atoms with Crippen molar-refractivity contribution < 1.29 is 19.8 Å². The second-order valence-corrected chi connectivity index (χ2v) is 4.62. The van der Waals surface area contributed by atoms with Gasteiger partial charge in [0.2, 0.25) is 0 Å². The molecule has 2 atom stereocenters. The van der Waals surface area contributed by atoms with E-state index >= 15 is 0 Å². The number of aliphatic hydroxyl groups excluding tert-OH is 1. The molecule has 0 saturated carbocycles. The number of carbonyl (C=O) groups is 2. The molecule has 0 heterocycles. The third-order valence-corrected chi connectivity index (χ3v) is 2.76. The number of hydrogen-bond acceptors (Lipinski definition) is 3. The van der Waals surface area contributed by atoms with Crippen molar-refractivity contribution in [2.45, 2.75) is 19.1 Å². The zero-order valence-corrected chi connectivity index (χ0v) is 11.4. The SMILES string of the molecule is CC(O)C(NC(=O)Nc1ccc(Cl)cc1Cl)C(=O)O. The topological polar surface area (TPSA) is 98.7 Å².